The van der Waals surface area contributed by atoms with Crippen LogP contribution in [0.15, 0.2) is 33.4 Å². The van der Waals surface area contributed by atoms with Crippen molar-refractivity contribution < 1.29 is 23.3 Å². The highest BCUT2D eigenvalue weighted by Gasteiger charge is 2.26. The van der Waals surface area contributed by atoms with E-state index in [1.807, 2.05) is 13.8 Å². The molecule has 0 aromatic carbocycles. The quantitative estimate of drug-likeness (QED) is 0.832. The molecule has 0 unspecified atom stereocenters. The van der Waals surface area contributed by atoms with Gasteiger partial charge in [-0.1, -0.05) is 19.0 Å². The van der Waals surface area contributed by atoms with Crippen LogP contribution in [0.2, 0.25) is 0 Å². The van der Waals surface area contributed by atoms with E-state index < -0.39 is 0 Å². The van der Waals surface area contributed by atoms with Crippen LogP contribution in [0.1, 0.15) is 30.8 Å². The van der Waals surface area contributed by atoms with E-state index >= 15 is 0 Å². The van der Waals surface area contributed by atoms with E-state index in [-0.39, 0.29) is 17.7 Å². The summed E-state index contributed by atoms with van der Waals surface area (Å²) in [4.78, 5) is 28.1. The van der Waals surface area contributed by atoms with E-state index in [2.05, 4.69) is 5.16 Å². The maximum atomic E-state index is 12.7. The van der Waals surface area contributed by atoms with Gasteiger partial charge in [-0.15, -0.1) is 0 Å². The predicted octanol–water partition coefficient (Wildman–Crippen LogP) is 2.88. The van der Waals surface area contributed by atoms with E-state index in [1.54, 1.807) is 28.0 Å². The molecule has 1 fully saturated rings. The SMILES string of the molecule is CC(C)COC(=O)N1CCCN(C(=O)c2cc(-c3ccco3)on2)CC1. The van der Waals surface area contributed by atoms with Crippen molar-refractivity contribution >= 4 is 12.0 Å². The van der Waals surface area contributed by atoms with Gasteiger partial charge in [0, 0.05) is 32.2 Å². The molecule has 2 aromatic heterocycles. The van der Waals surface area contributed by atoms with E-state index in [9.17, 15) is 9.59 Å². The molecule has 0 bridgehead atoms. The largest absolute Gasteiger partial charge is 0.461 e. The first kappa shape index (κ1) is 18.0. The Kier molecular flexibility index (Phi) is 5.60. The van der Waals surface area contributed by atoms with Gasteiger partial charge in [0.25, 0.3) is 5.91 Å². The highest BCUT2D eigenvalue weighted by Crippen LogP contribution is 2.21. The number of ether oxygens (including phenoxy) is 1. The monoisotopic (exact) mass is 361 g/mol. The molecule has 2 aromatic rings. The summed E-state index contributed by atoms with van der Waals surface area (Å²) in [6.45, 7) is 6.36. The van der Waals surface area contributed by atoms with Gasteiger partial charge in [-0.3, -0.25) is 4.79 Å². The average molecular weight is 361 g/mol. The van der Waals surface area contributed by atoms with Crippen LogP contribution in [-0.4, -0.2) is 59.7 Å². The third-order valence-electron chi connectivity index (χ3n) is 4.07. The first-order chi connectivity index (χ1) is 12.5. The molecule has 0 radical (unpaired) electrons. The molecule has 2 amide bonds. The molecule has 0 N–H and O–H groups in total. The minimum atomic E-state index is -0.324. The second-order valence-corrected chi connectivity index (χ2v) is 6.66. The fourth-order valence-electron chi connectivity index (χ4n) is 2.71. The van der Waals surface area contributed by atoms with Crippen molar-refractivity contribution in [2.45, 2.75) is 20.3 Å². The van der Waals surface area contributed by atoms with Gasteiger partial charge in [0.05, 0.1) is 12.9 Å². The number of aromatic nitrogens is 1. The molecule has 3 heterocycles. The Morgan fingerprint density at radius 1 is 1.19 bits per heavy atom. The van der Waals surface area contributed by atoms with E-state index in [0.29, 0.717) is 56.6 Å². The molecule has 0 aliphatic carbocycles. The molecular weight excluding hydrogens is 338 g/mol. The molecule has 26 heavy (non-hydrogen) atoms. The van der Waals surface area contributed by atoms with Crippen molar-refractivity contribution in [1.29, 1.82) is 0 Å². The zero-order valence-corrected chi connectivity index (χ0v) is 15.0. The first-order valence-electron chi connectivity index (χ1n) is 8.76. The summed E-state index contributed by atoms with van der Waals surface area (Å²) in [5.41, 5.74) is 0.229. The molecule has 1 aliphatic heterocycles. The van der Waals surface area contributed by atoms with Crippen LogP contribution in [-0.2, 0) is 4.74 Å². The zero-order valence-electron chi connectivity index (χ0n) is 15.0. The highest BCUT2D eigenvalue weighted by molar-refractivity contribution is 5.93. The van der Waals surface area contributed by atoms with Gasteiger partial charge >= 0.3 is 6.09 Å². The van der Waals surface area contributed by atoms with Crippen molar-refractivity contribution in [3.63, 3.8) is 0 Å². The first-order valence-corrected chi connectivity index (χ1v) is 8.76. The van der Waals surface area contributed by atoms with Crippen LogP contribution < -0.4 is 0 Å². The minimum Gasteiger partial charge on any atom is -0.461 e. The maximum absolute atomic E-state index is 12.7. The van der Waals surface area contributed by atoms with Gasteiger partial charge in [0.2, 0.25) is 5.76 Å². The molecular formula is C18H23N3O5. The Balaban J connectivity index is 1.58. The summed E-state index contributed by atoms with van der Waals surface area (Å²) in [6.07, 6.45) is 1.89. The molecule has 0 atom stereocenters. The number of amides is 2. The number of furan rings is 1. The van der Waals surface area contributed by atoms with Crippen molar-refractivity contribution in [3.05, 3.63) is 30.2 Å². The second kappa shape index (κ2) is 8.07. The molecule has 3 rings (SSSR count). The molecule has 8 heteroatoms. The summed E-state index contributed by atoms with van der Waals surface area (Å²) in [5, 5.41) is 3.85. The van der Waals surface area contributed by atoms with Crippen LogP contribution in [0.5, 0.6) is 0 Å². The number of hydrogen-bond donors (Lipinski definition) is 0. The Bertz CT molecular complexity index is 738. The molecule has 0 saturated carbocycles. The normalized spacial score (nSPS) is 15.2. The number of rotatable bonds is 4. The Morgan fingerprint density at radius 2 is 1.96 bits per heavy atom. The number of nitrogens with zero attached hydrogens (tertiary/aromatic N) is 3. The summed E-state index contributed by atoms with van der Waals surface area (Å²) in [6, 6.07) is 5.04. The number of hydrogen-bond acceptors (Lipinski definition) is 6. The smallest absolute Gasteiger partial charge is 0.409 e. The molecule has 0 spiro atoms. The lowest BCUT2D eigenvalue weighted by molar-refractivity contribution is 0.0737. The van der Waals surface area contributed by atoms with E-state index in [0.717, 1.165) is 0 Å². The van der Waals surface area contributed by atoms with Crippen molar-refractivity contribution in [2.24, 2.45) is 5.92 Å². The van der Waals surface area contributed by atoms with Crippen LogP contribution in [0, 0.1) is 5.92 Å². The molecule has 1 saturated heterocycles. The van der Waals surface area contributed by atoms with Crippen molar-refractivity contribution in [3.8, 4) is 11.5 Å². The van der Waals surface area contributed by atoms with Crippen LogP contribution in [0.3, 0.4) is 0 Å². The maximum Gasteiger partial charge on any atom is 0.409 e. The van der Waals surface area contributed by atoms with E-state index in [4.69, 9.17) is 13.7 Å². The van der Waals surface area contributed by atoms with Gasteiger partial charge in [-0.05, 0) is 24.5 Å². The van der Waals surface area contributed by atoms with Gasteiger partial charge < -0.3 is 23.5 Å². The lowest BCUT2D eigenvalue weighted by atomic mass is 10.2. The fourth-order valence-corrected chi connectivity index (χ4v) is 2.71. The minimum absolute atomic E-state index is 0.219. The summed E-state index contributed by atoms with van der Waals surface area (Å²) in [5.74, 6) is 1.00. The Morgan fingerprint density at radius 3 is 2.69 bits per heavy atom. The number of carbonyl (C=O) groups excluding carboxylic acids is 2. The summed E-state index contributed by atoms with van der Waals surface area (Å²) < 4.78 is 15.7. The van der Waals surface area contributed by atoms with Gasteiger partial charge in [0.1, 0.15) is 0 Å². The topological polar surface area (TPSA) is 89.0 Å². The molecule has 140 valence electrons. The van der Waals surface area contributed by atoms with Crippen LogP contribution in [0.4, 0.5) is 4.79 Å². The van der Waals surface area contributed by atoms with Crippen LogP contribution in [0.25, 0.3) is 11.5 Å². The van der Waals surface area contributed by atoms with Crippen LogP contribution >= 0.6 is 0 Å². The lowest BCUT2D eigenvalue weighted by Gasteiger charge is -2.21. The number of carbonyl (C=O) groups is 2. The van der Waals surface area contributed by atoms with E-state index in [1.165, 1.54) is 6.26 Å². The summed E-state index contributed by atoms with van der Waals surface area (Å²) >= 11 is 0. The average Bonchev–Trinajstić information content (AvgIpc) is 3.26. The molecule has 8 nitrogen and oxygen atoms in total. The predicted molar refractivity (Wildman–Crippen MR) is 92.5 cm³/mol. The lowest BCUT2D eigenvalue weighted by Crippen LogP contribution is -2.38. The zero-order chi connectivity index (χ0) is 18.5. The van der Waals surface area contributed by atoms with Gasteiger partial charge in [-0.25, -0.2) is 4.79 Å². The Labute approximate surface area is 151 Å². The second-order valence-electron chi connectivity index (χ2n) is 6.66. The van der Waals surface area contributed by atoms with Crippen molar-refractivity contribution in [1.82, 2.24) is 15.0 Å². The molecule has 1 aliphatic rings. The van der Waals surface area contributed by atoms with Gasteiger partial charge in [0.15, 0.2) is 11.5 Å². The van der Waals surface area contributed by atoms with Crippen molar-refractivity contribution in [2.75, 3.05) is 32.8 Å². The standard InChI is InChI=1S/C18H23N3O5/c1-13(2)12-25-18(23)21-7-4-6-20(8-9-21)17(22)14-11-16(26-19-14)15-5-3-10-24-15/h3,5,10-11,13H,4,6-9,12H2,1-2H3. The third kappa shape index (κ3) is 4.25. The fraction of sp³-hybridized carbons (Fsp3) is 0.500. The van der Waals surface area contributed by atoms with Gasteiger partial charge in [-0.2, -0.15) is 0 Å². The Hall–Kier alpha value is -2.77. The highest BCUT2D eigenvalue weighted by atomic mass is 16.6. The third-order valence-corrected chi connectivity index (χ3v) is 4.07. The summed E-state index contributed by atoms with van der Waals surface area (Å²) in [7, 11) is 0.